The molecule has 2 aliphatic rings. The van der Waals surface area contributed by atoms with Crippen LogP contribution in [0.1, 0.15) is 24.8 Å². The Kier molecular flexibility index (Phi) is 4.82. The number of carboxylic acids is 1. The van der Waals surface area contributed by atoms with Crippen LogP contribution < -0.4 is 9.64 Å². The molecule has 1 saturated heterocycles. The van der Waals surface area contributed by atoms with Crippen LogP contribution in [-0.2, 0) is 11.4 Å². The van der Waals surface area contributed by atoms with Crippen LogP contribution in [0.2, 0.25) is 5.02 Å². The van der Waals surface area contributed by atoms with Gasteiger partial charge in [0.25, 0.3) is 0 Å². The SMILES string of the molecule is O=C(O)C1CC12CCN(c1nc(OCc3ccc(Cl)cc3F)ncc1F)CC2. The highest BCUT2D eigenvalue weighted by atomic mass is 35.5. The van der Waals surface area contributed by atoms with Gasteiger partial charge in [0.2, 0.25) is 0 Å². The summed E-state index contributed by atoms with van der Waals surface area (Å²) in [7, 11) is 0. The van der Waals surface area contributed by atoms with Gasteiger partial charge >= 0.3 is 12.0 Å². The highest BCUT2D eigenvalue weighted by Crippen LogP contribution is 2.59. The molecule has 1 unspecified atom stereocenters. The molecule has 1 atom stereocenters. The fourth-order valence-corrected chi connectivity index (χ4v) is 3.99. The van der Waals surface area contributed by atoms with Crippen LogP contribution in [0, 0.1) is 23.0 Å². The molecule has 1 spiro atoms. The summed E-state index contributed by atoms with van der Waals surface area (Å²) in [5, 5.41) is 9.46. The number of rotatable bonds is 5. The Morgan fingerprint density at radius 2 is 2.07 bits per heavy atom. The first kappa shape index (κ1) is 18.9. The van der Waals surface area contributed by atoms with E-state index < -0.39 is 17.6 Å². The predicted octanol–water partition coefficient (Wildman–Crippen LogP) is 3.68. The van der Waals surface area contributed by atoms with Crippen LogP contribution in [0.4, 0.5) is 14.6 Å². The van der Waals surface area contributed by atoms with Gasteiger partial charge in [0, 0.05) is 23.7 Å². The average molecular weight is 410 g/mol. The molecule has 1 aromatic heterocycles. The molecule has 9 heteroatoms. The third kappa shape index (κ3) is 3.61. The first-order valence-electron chi connectivity index (χ1n) is 8.95. The quantitative estimate of drug-likeness (QED) is 0.812. The molecule has 1 aliphatic carbocycles. The van der Waals surface area contributed by atoms with E-state index in [2.05, 4.69) is 9.97 Å². The molecule has 6 nitrogen and oxygen atoms in total. The molecule has 0 bridgehead atoms. The number of hydrogen-bond acceptors (Lipinski definition) is 5. The van der Waals surface area contributed by atoms with E-state index in [0.717, 1.165) is 6.20 Å². The fraction of sp³-hybridized carbons (Fsp3) is 0.421. The molecule has 1 aliphatic heterocycles. The molecular weight excluding hydrogens is 392 g/mol. The second kappa shape index (κ2) is 7.16. The van der Waals surface area contributed by atoms with E-state index in [4.69, 9.17) is 16.3 Å². The summed E-state index contributed by atoms with van der Waals surface area (Å²) in [6.07, 6.45) is 3.07. The van der Waals surface area contributed by atoms with Gasteiger partial charge in [0.15, 0.2) is 11.6 Å². The topological polar surface area (TPSA) is 75.5 Å². The summed E-state index contributed by atoms with van der Waals surface area (Å²) in [5.74, 6) is -2.02. The van der Waals surface area contributed by atoms with Crippen LogP contribution in [0.25, 0.3) is 0 Å². The van der Waals surface area contributed by atoms with E-state index in [1.807, 2.05) is 0 Å². The van der Waals surface area contributed by atoms with Crippen LogP contribution in [0.5, 0.6) is 6.01 Å². The Morgan fingerprint density at radius 1 is 1.32 bits per heavy atom. The maximum Gasteiger partial charge on any atom is 0.318 e. The minimum absolute atomic E-state index is 0.0547. The van der Waals surface area contributed by atoms with Gasteiger partial charge in [-0.2, -0.15) is 4.98 Å². The average Bonchev–Trinajstić information content (AvgIpc) is 3.37. The molecule has 0 radical (unpaired) electrons. The number of aliphatic carboxylic acids is 1. The second-order valence-corrected chi connectivity index (χ2v) is 7.73. The summed E-state index contributed by atoms with van der Waals surface area (Å²) in [6.45, 7) is 0.920. The standard InChI is InChI=1S/C19H18ClF2N3O3/c20-12-2-1-11(14(21)7-12)10-28-18-23-9-15(22)16(24-18)25-5-3-19(4-6-25)8-13(19)17(26)27/h1-2,7,9,13H,3-6,8,10H2,(H,26,27). The van der Waals surface area contributed by atoms with E-state index in [1.165, 1.54) is 12.1 Å². The number of carboxylic acid groups (broad SMARTS) is 1. The number of nitrogens with zero attached hydrogens (tertiary/aromatic N) is 3. The molecule has 1 aromatic carbocycles. The van der Waals surface area contributed by atoms with Crippen molar-refractivity contribution in [3.8, 4) is 6.01 Å². The summed E-state index contributed by atoms with van der Waals surface area (Å²) in [6, 6.07) is 4.18. The minimum Gasteiger partial charge on any atom is -0.481 e. The lowest BCUT2D eigenvalue weighted by Gasteiger charge is -2.33. The molecule has 2 fully saturated rings. The number of benzene rings is 1. The maximum absolute atomic E-state index is 14.2. The number of hydrogen-bond donors (Lipinski definition) is 1. The zero-order valence-electron chi connectivity index (χ0n) is 14.9. The first-order chi connectivity index (χ1) is 13.4. The highest BCUT2D eigenvalue weighted by Gasteiger charge is 2.59. The largest absolute Gasteiger partial charge is 0.481 e. The van der Waals surface area contributed by atoms with Crippen molar-refractivity contribution in [1.29, 1.82) is 0 Å². The maximum atomic E-state index is 14.2. The minimum atomic E-state index is -0.758. The molecule has 148 valence electrons. The third-order valence-corrected chi connectivity index (χ3v) is 5.86. The third-order valence-electron chi connectivity index (χ3n) is 5.62. The molecule has 0 amide bonds. The molecule has 2 heterocycles. The van der Waals surface area contributed by atoms with E-state index in [0.29, 0.717) is 32.4 Å². The van der Waals surface area contributed by atoms with Gasteiger partial charge in [-0.1, -0.05) is 17.7 Å². The van der Waals surface area contributed by atoms with Crippen LogP contribution in [-0.4, -0.2) is 34.1 Å². The van der Waals surface area contributed by atoms with Crippen molar-refractivity contribution >= 4 is 23.4 Å². The van der Waals surface area contributed by atoms with Crippen molar-refractivity contribution in [1.82, 2.24) is 9.97 Å². The number of anilines is 1. The summed E-state index contributed by atoms with van der Waals surface area (Å²) >= 11 is 5.72. The second-order valence-electron chi connectivity index (χ2n) is 7.29. The molecule has 2 aromatic rings. The Balaban J connectivity index is 1.42. The summed E-state index contributed by atoms with van der Waals surface area (Å²) in [5.41, 5.74) is 0.129. The van der Waals surface area contributed by atoms with Crippen molar-refractivity contribution in [3.05, 3.63) is 46.6 Å². The Bertz CT molecular complexity index is 919. The van der Waals surface area contributed by atoms with E-state index in [-0.39, 0.29) is 40.4 Å². The summed E-state index contributed by atoms with van der Waals surface area (Å²) < 4.78 is 33.5. The van der Waals surface area contributed by atoms with Crippen molar-refractivity contribution in [2.24, 2.45) is 11.3 Å². The monoisotopic (exact) mass is 409 g/mol. The molecule has 28 heavy (non-hydrogen) atoms. The van der Waals surface area contributed by atoms with Gasteiger partial charge in [-0.25, -0.2) is 13.8 Å². The fourth-order valence-electron chi connectivity index (χ4n) is 3.83. The lowest BCUT2D eigenvalue weighted by Crippen LogP contribution is -2.37. The molecular formula is C19H18ClF2N3O3. The summed E-state index contributed by atoms with van der Waals surface area (Å²) in [4.78, 5) is 20.9. The van der Waals surface area contributed by atoms with Gasteiger partial charge in [-0.15, -0.1) is 0 Å². The lowest BCUT2D eigenvalue weighted by atomic mass is 9.91. The zero-order valence-corrected chi connectivity index (χ0v) is 15.6. The normalized spacial score (nSPS) is 20.2. The predicted molar refractivity (Wildman–Crippen MR) is 97.4 cm³/mol. The van der Waals surface area contributed by atoms with Crippen molar-refractivity contribution in [2.75, 3.05) is 18.0 Å². The van der Waals surface area contributed by atoms with E-state index >= 15 is 0 Å². The molecule has 1 N–H and O–H groups in total. The number of ether oxygens (including phenoxy) is 1. The van der Waals surface area contributed by atoms with Gasteiger partial charge in [-0.05, 0) is 36.8 Å². The highest BCUT2D eigenvalue weighted by molar-refractivity contribution is 6.30. The number of aromatic nitrogens is 2. The van der Waals surface area contributed by atoms with Crippen LogP contribution in [0.3, 0.4) is 0 Å². The smallest absolute Gasteiger partial charge is 0.318 e. The molecule has 1 saturated carbocycles. The van der Waals surface area contributed by atoms with E-state index in [9.17, 15) is 18.7 Å². The van der Waals surface area contributed by atoms with Crippen LogP contribution >= 0.6 is 11.6 Å². The Hall–Kier alpha value is -2.48. The number of halogens is 3. The van der Waals surface area contributed by atoms with Gasteiger partial charge in [0.1, 0.15) is 12.4 Å². The van der Waals surface area contributed by atoms with Crippen molar-refractivity contribution < 1.29 is 23.4 Å². The van der Waals surface area contributed by atoms with Crippen molar-refractivity contribution in [3.63, 3.8) is 0 Å². The zero-order chi connectivity index (χ0) is 19.9. The van der Waals surface area contributed by atoms with Gasteiger partial charge < -0.3 is 14.7 Å². The molecule has 4 rings (SSSR count). The van der Waals surface area contributed by atoms with Gasteiger partial charge in [0.05, 0.1) is 12.1 Å². The van der Waals surface area contributed by atoms with Gasteiger partial charge in [-0.3, -0.25) is 4.79 Å². The van der Waals surface area contributed by atoms with E-state index in [1.54, 1.807) is 11.0 Å². The lowest BCUT2D eigenvalue weighted by molar-refractivity contribution is -0.139. The Labute approximate surface area is 165 Å². The van der Waals surface area contributed by atoms with Crippen molar-refractivity contribution in [2.45, 2.75) is 25.9 Å². The van der Waals surface area contributed by atoms with Crippen LogP contribution in [0.15, 0.2) is 24.4 Å². The Morgan fingerprint density at radius 3 is 2.71 bits per heavy atom. The first-order valence-corrected chi connectivity index (χ1v) is 9.33. The number of carbonyl (C=O) groups is 1. The number of piperidine rings is 1.